The van der Waals surface area contributed by atoms with E-state index in [-0.39, 0.29) is 18.2 Å². The van der Waals surface area contributed by atoms with Gasteiger partial charge in [-0.2, -0.15) is 0 Å². The maximum Gasteiger partial charge on any atom is 0.305 e. The number of rotatable bonds is 12. The van der Waals surface area contributed by atoms with Crippen molar-refractivity contribution in [2.75, 3.05) is 26.7 Å². The molecule has 0 bridgehead atoms. The lowest BCUT2D eigenvalue weighted by Crippen LogP contribution is -2.38. The molecule has 174 valence electrons. The molecule has 0 N–H and O–H groups in total. The van der Waals surface area contributed by atoms with Crippen LogP contribution in [0.2, 0.25) is 0 Å². The number of aryl methyl sites for hydroxylation is 1. The second kappa shape index (κ2) is 13.4. The van der Waals surface area contributed by atoms with Gasteiger partial charge in [-0.1, -0.05) is 74.4 Å². The number of piperidine rings is 1. The molecule has 0 spiro atoms. The van der Waals surface area contributed by atoms with Crippen molar-refractivity contribution in [3.63, 3.8) is 0 Å². The summed E-state index contributed by atoms with van der Waals surface area (Å²) in [6.45, 7) is 5.49. The molecular weight excluding hydrogens is 398 g/mol. The van der Waals surface area contributed by atoms with Crippen LogP contribution in [0.25, 0.3) is 0 Å². The molecule has 0 saturated carbocycles. The number of carbonyl (C=O) groups excluding carboxylic acids is 1. The third kappa shape index (κ3) is 7.75. The Balaban J connectivity index is 1.50. The van der Waals surface area contributed by atoms with E-state index in [9.17, 15) is 4.79 Å². The van der Waals surface area contributed by atoms with Gasteiger partial charge in [-0.05, 0) is 55.3 Å². The highest BCUT2D eigenvalue weighted by atomic mass is 16.5. The lowest BCUT2D eigenvalue weighted by Gasteiger charge is -2.34. The molecule has 32 heavy (non-hydrogen) atoms. The standard InChI is InChI=1S/C28H39NO3/c1-3-10-23-14-16-25(17-15-23)28(24-11-6-4-7-12-24)32-26-18-21-29(22-19-26)20-9-5-8-13-27(30)31-2/h4,6-7,11-12,14-17,26,28H,3,5,8-10,13,18-22H2,1-2H3. The normalized spacial score (nSPS) is 16.1. The van der Waals surface area contributed by atoms with Crippen LogP contribution in [0.3, 0.4) is 0 Å². The zero-order chi connectivity index (χ0) is 22.6. The minimum Gasteiger partial charge on any atom is -0.469 e. The quantitative estimate of drug-likeness (QED) is 0.304. The molecule has 1 saturated heterocycles. The molecule has 0 aromatic heterocycles. The molecule has 2 aromatic carbocycles. The lowest BCUT2D eigenvalue weighted by atomic mass is 9.98. The molecule has 1 unspecified atom stereocenters. The Kier molecular flexibility index (Phi) is 10.2. The molecule has 0 aliphatic carbocycles. The van der Waals surface area contributed by atoms with Gasteiger partial charge in [-0.15, -0.1) is 0 Å². The third-order valence-electron chi connectivity index (χ3n) is 6.37. The van der Waals surface area contributed by atoms with E-state index in [1.54, 1.807) is 0 Å². The van der Waals surface area contributed by atoms with Gasteiger partial charge in [0.05, 0.1) is 13.2 Å². The van der Waals surface area contributed by atoms with Crippen molar-refractivity contribution < 1.29 is 14.3 Å². The van der Waals surface area contributed by atoms with Gasteiger partial charge in [0.1, 0.15) is 6.10 Å². The first-order valence-corrected chi connectivity index (χ1v) is 12.3. The summed E-state index contributed by atoms with van der Waals surface area (Å²) in [6, 6.07) is 19.6. The van der Waals surface area contributed by atoms with Crippen LogP contribution in [0.5, 0.6) is 0 Å². The van der Waals surface area contributed by atoms with Crippen molar-refractivity contribution in [1.29, 1.82) is 0 Å². The number of hydrogen-bond donors (Lipinski definition) is 0. The minimum atomic E-state index is -0.101. The van der Waals surface area contributed by atoms with Gasteiger partial charge in [0.15, 0.2) is 0 Å². The molecular formula is C28H39NO3. The van der Waals surface area contributed by atoms with E-state index >= 15 is 0 Å². The second-order valence-corrected chi connectivity index (χ2v) is 8.85. The largest absolute Gasteiger partial charge is 0.469 e. The molecule has 1 aliphatic heterocycles. The van der Waals surface area contributed by atoms with Gasteiger partial charge >= 0.3 is 5.97 Å². The zero-order valence-corrected chi connectivity index (χ0v) is 19.8. The van der Waals surface area contributed by atoms with Crippen molar-refractivity contribution in [1.82, 2.24) is 4.90 Å². The number of esters is 1. The van der Waals surface area contributed by atoms with Crippen LogP contribution >= 0.6 is 0 Å². The van der Waals surface area contributed by atoms with Crippen molar-refractivity contribution in [3.8, 4) is 0 Å². The molecule has 1 fully saturated rings. The fourth-order valence-corrected chi connectivity index (χ4v) is 4.47. The summed E-state index contributed by atoms with van der Waals surface area (Å²) in [7, 11) is 1.46. The topological polar surface area (TPSA) is 38.8 Å². The van der Waals surface area contributed by atoms with E-state index in [1.165, 1.54) is 30.2 Å². The fraction of sp³-hybridized carbons (Fsp3) is 0.536. The van der Waals surface area contributed by atoms with E-state index in [4.69, 9.17) is 9.47 Å². The molecule has 1 aliphatic rings. The zero-order valence-electron chi connectivity index (χ0n) is 19.8. The van der Waals surface area contributed by atoms with Crippen LogP contribution < -0.4 is 0 Å². The van der Waals surface area contributed by atoms with Crippen LogP contribution in [0.15, 0.2) is 54.6 Å². The number of nitrogens with zero attached hydrogens (tertiary/aromatic N) is 1. The number of ether oxygens (including phenoxy) is 2. The molecule has 1 heterocycles. The predicted octanol–water partition coefficient (Wildman–Crippen LogP) is 5.94. The van der Waals surface area contributed by atoms with Crippen LogP contribution in [-0.2, 0) is 20.7 Å². The van der Waals surface area contributed by atoms with Gasteiger partial charge in [0.25, 0.3) is 0 Å². The number of likely N-dealkylation sites (tertiary alicyclic amines) is 1. The van der Waals surface area contributed by atoms with Gasteiger partial charge in [-0.3, -0.25) is 4.79 Å². The lowest BCUT2D eigenvalue weighted by molar-refractivity contribution is -0.140. The number of hydrogen-bond acceptors (Lipinski definition) is 4. The highest BCUT2D eigenvalue weighted by Gasteiger charge is 2.24. The average Bonchev–Trinajstić information content (AvgIpc) is 2.84. The monoisotopic (exact) mass is 437 g/mol. The molecule has 0 radical (unpaired) electrons. The first kappa shape index (κ1) is 24.5. The summed E-state index contributed by atoms with van der Waals surface area (Å²) in [6.07, 6.45) is 8.37. The smallest absolute Gasteiger partial charge is 0.305 e. The first-order chi connectivity index (χ1) is 15.7. The first-order valence-electron chi connectivity index (χ1n) is 12.3. The third-order valence-corrected chi connectivity index (χ3v) is 6.37. The Morgan fingerprint density at radius 2 is 1.66 bits per heavy atom. The van der Waals surface area contributed by atoms with Crippen molar-refractivity contribution in [2.45, 2.75) is 70.5 Å². The van der Waals surface area contributed by atoms with Gasteiger partial charge in [0.2, 0.25) is 0 Å². The summed E-state index contributed by atoms with van der Waals surface area (Å²) in [4.78, 5) is 13.7. The molecule has 4 nitrogen and oxygen atoms in total. The Hall–Kier alpha value is -2.17. The van der Waals surface area contributed by atoms with E-state index in [0.29, 0.717) is 6.42 Å². The number of methoxy groups -OCH3 is 1. The summed E-state index contributed by atoms with van der Waals surface area (Å²) in [5.74, 6) is -0.101. The Morgan fingerprint density at radius 3 is 2.31 bits per heavy atom. The fourth-order valence-electron chi connectivity index (χ4n) is 4.47. The Morgan fingerprint density at radius 1 is 0.969 bits per heavy atom. The highest BCUT2D eigenvalue weighted by Crippen LogP contribution is 2.30. The molecule has 3 rings (SSSR count). The van der Waals surface area contributed by atoms with Crippen molar-refractivity contribution >= 4 is 5.97 Å². The SMILES string of the molecule is CCCc1ccc(C(OC2CCN(CCCCCC(=O)OC)CC2)c2ccccc2)cc1. The molecule has 0 amide bonds. The highest BCUT2D eigenvalue weighted by molar-refractivity contribution is 5.68. The van der Waals surface area contributed by atoms with E-state index in [0.717, 1.165) is 58.2 Å². The Labute approximate surface area is 193 Å². The van der Waals surface area contributed by atoms with Gasteiger partial charge in [0, 0.05) is 19.5 Å². The van der Waals surface area contributed by atoms with E-state index in [2.05, 4.69) is 66.4 Å². The van der Waals surface area contributed by atoms with Crippen LogP contribution in [0.1, 0.15) is 74.7 Å². The number of unbranched alkanes of at least 4 members (excludes halogenated alkanes) is 2. The average molecular weight is 438 g/mol. The summed E-state index contributed by atoms with van der Waals surface area (Å²) in [5.41, 5.74) is 3.86. The second-order valence-electron chi connectivity index (χ2n) is 8.85. The summed E-state index contributed by atoms with van der Waals surface area (Å²) >= 11 is 0. The maximum atomic E-state index is 11.2. The maximum absolute atomic E-state index is 11.2. The minimum absolute atomic E-state index is 0.0123. The number of carbonyl (C=O) groups is 1. The molecule has 4 heteroatoms. The molecule has 1 atom stereocenters. The van der Waals surface area contributed by atoms with Gasteiger partial charge < -0.3 is 14.4 Å². The van der Waals surface area contributed by atoms with E-state index < -0.39 is 0 Å². The van der Waals surface area contributed by atoms with Gasteiger partial charge in [-0.25, -0.2) is 0 Å². The van der Waals surface area contributed by atoms with E-state index in [1.807, 2.05) is 0 Å². The summed E-state index contributed by atoms with van der Waals surface area (Å²) in [5, 5.41) is 0. The predicted molar refractivity (Wildman–Crippen MR) is 130 cm³/mol. The number of benzene rings is 2. The molecule has 2 aromatic rings. The van der Waals surface area contributed by atoms with Crippen LogP contribution in [0, 0.1) is 0 Å². The van der Waals surface area contributed by atoms with Crippen LogP contribution in [0.4, 0.5) is 0 Å². The Bertz CT molecular complexity index is 782. The van der Waals surface area contributed by atoms with Crippen molar-refractivity contribution in [2.24, 2.45) is 0 Å². The van der Waals surface area contributed by atoms with Crippen molar-refractivity contribution in [3.05, 3.63) is 71.3 Å². The van der Waals surface area contributed by atoms with Crippen LogP contribution in [-0.4, -0.2) is 43.7 Å². The summed E-state index contributed by atoms with van der Waals surface area (Å²) < 4.78 is 11.4.